The van der Waals surface area contributed by atoms with Gasteiger partial charge in [0.05, 0.1) is 22.3 Å². The van der Waals surface area contributed by atoms with E-state index in [0.717, 1.165) is 0 Å². The lowest BCUT2D eigenvalue weighted by Crippen LogP contribution is -2.33. The maximum atomic E-state index is 13.5. The maximum absolute atomic E-state index is 13.5. The van der Waals surface area contributed by atoms with Crippen molar-refractivity contribution in [2.75, 3.05) is 19.5 Å². The SMILES string of the molecule is CCS(=O)(=O)[C@@H]1[C@@H](c2cccc(F)c2)[C@]1(COC)C(N)=S. The van der Waals surface area contributed by atoms with Gasteiger partial charge in [-0.2, -0.15) is 0 Å². The number of ether oxygens (including phenoxy) is 1. The largest absolute Gasteiger partial charge is 0.393 e. The molecule has 0 spiro atoms. The van der Waals surface area contributed by atoms with Crippen molar-refractivity contribution in [1.82, 2.24) is 0 Å². The molecule has 0 aromatic heterocycles. The Morgan fingerprint density at radius 2 is 2.19 bits per heavy atom. The molecule has 4 nitrogen and oxygen atoms in total. The molecule has 0 heterocycles. The first-order valence-corrected chi connectivity index (χ1v) is 8.69. The molecule has 1 aliphatic carbocycles. The highest BCUT2D eigenvalue weighted by molar-refractivity contribution is 7.92. The molecule has 2 rings (SSSR count). The van der Waals surface area contributed by atoms with E-state index in [1.807, 2.05) is 0 Å². The Bertz CT molecular complexity index is 662. The molecule has 0 radical (unpaired) electrons. The van der Waals surface area contributed by atoms with Crippen LogP contribution in [-0.2, 0) is 14.6 Å². The number of methoxy groups -OCH3 is 1. The zero-order chi connectivity index (χ0) is 15.8. The number of rotatable bonds is 6. The van der Waals surface area contributed by atoms with E-state index in [1.54, 1.807) is 19.1 Å². The van der Waals surface area contributed by atoms with Crippen LogP contribution in [0.25, 0.3) is 0 Å². The fourth-order valence-corrected chi connectivity index (χ4v) is 5.52. The Labute approximate surface area is 129 Å². The molecule has 2 N–H and O–H groups in total. The third kappa shape index (κ3) is 2.58. The van der Waals surface area contributed by atoms with Crippen LogP contribution in [0, 0.1) is 11.2 Å². The molecule has 0 aliphatic heterocycles. The van der Waals surface area contributed by atoms with Crippen molar-refractivity contribution in [3.05, 3.63) is 35.6 Å². The first-order valence-electron chi connectivity index (χ1n) is 6.57. The van der Waals surface area contributed by atoms with Crippen molar-refractivity contribution in [1.29, 1.82) is 0 Å². The molecule has 3 atom stereocenters. The standard InChI is InChI=1S/C14H18FNO3S2/c1-3-21(17,18)12-11(9-5-4-6-10(15)7-9)14(12,8-19-2)13(16)20/h4-7,11-12H,3,8H2,1-2H3,(H2,16,20)/t11-,12-,14+/m1/s1. The highest BCUT2D eigenvalue weighted by Crippen LogP contribution is 2.63. The second-order valence-electron chi connectivity index (χ2n) is 5.24. The number of sulfone groups is 1. The van der Waals surface area contributed by atoms with E-state index in [1.165, 1.54) is 19.2 Å². The molecule has 1 aromatic carbocycles. The first kappa shape index (κ1) is 16.3. The molecular formula is C14H18FNO3S2. The van der Waals surface area contributed by atoms with Crippen molar-refractivity contribution in [3.8, 4) is 0 Å². The number of thiocarbonyl (C=S) groups is 1. The summed E-state index contributed by atoms with van der Waals surface area (Å²) in [6.07, 6.45) is 0. The summed E-state index contributed by atoms with van der Waals surface area (Å²) in [5.74, 6) is -0.894. The number of nitrogens with two attached hydrogens (primary N) is 1. The smallest absolute Gasteiger partial charge is 0.154 e. The molecule has 0 bridgehead atoms. The fourth-order valence-electron chi connectivity index (χ4n) is 3.06. The van der Waals surface area contributed by atoms with Crippen LogP contribution in [0.2, 0.25) is 0 Å². The first-order chi connectivity index (χ1) is 9.81. The summed E-state index contributed by atoms with van der Waals surface area (Å²) < 4.78 is 43.3. The molecule has 1 saturated carbocycles. The van der Waals surface area contributed by atoms with Crippen LogP contribution in [0.15, 0.2) is 24.3 Å². The molecule has 116 valence electrons. The van der Waals surface area contributed by atoms with Gasteiger partial charge in [0.2, 0.25) is 0 Å². The molecule has 0 amide bonds. The van der Waals surface area contributed by atoms with Crippen LogP contribution in [0.3, 0.4) is 0 Å². The van der Waals surface area contributed by atoms with E-state index < -0.39 is 32.2 Å². The predicted octanol–water partition coefficient (Wildman–Crippen LogP) is 1.65. The molecule has 21 heavy (non-hydrogen) atoms. The molecule has 1 fully saturated rings. The van der Waals surface area contributed by atoms with Crippen molar-refractivity contribution in [3.63, 3.8) is 0 Å². The minimum Gasteiger partial charge on any atom is -0.393 e. The Morgan fingerprint density at radius 1 is 1.52 bits per heavy atom. The topological polar surface area (TPSA) is 69.4 Å². The Balaban J connectivity index is 2.54. The third-order valence-corrected chi connectivity index (χ3v) is 6.75. The van der Waals surface area contributed by atoms with E-state index in [-0.39, 0.29) is 17.3 Å². The molecule has 1 aliphatic rings. The lowest BCUT2D eigenvalue weighted by molar-refractivity contribution is 0.166. The van der Waals surface area contributed by atoms with Crippen LogP contribution in [0.1, 0.15) is 18.4 Å². The Hall–Kier alpha value is -1.05. The van der Waals surface area contributed by atoms with E-state index in [0.29, 0.717) is 5.56 Å². The minimum atomic E-state index is -3.38. The van der Waals surface area contributed by atoms with Gasteiger partial charge in [0.1, 0.15) is 5.82 Å². The monoisotopic (exact) mass is 331 g/mol. The molecule has 1 aromatic rings. The Morgan fingerprint density at radius 3 is 2.67 bits per heavy atom. The second kappa shape index (κ2) is 5.62. The fraction of sp³-hybridized carbons (Fsp3) is 0.500. The van der Waals surface area contributed by atoms with Gasteiger partial charge >= 0.3 is 0 Å². The lowest BCUT2D eigenvalue weighted by Gasteiger charge is -2.15. The molecule has 0 saturated heterocycles. The van der Waals surface area contributed by atoms with Gasteiger partial charge < -0.3 is 10.5 Å². The number of benzene rings is 1. The van der Waals surface area contributed by atoms with Crippen molar-refractivity contribution in [2.24, 2.45) is 11.1 Å². The molecule has 0 unspecified atom stereocenters. The second-order valence-corrected chi connectivity index (χ2v) is 8.09. The van der Waals surface area contributed by atoms with E-state index in [2.05, 4.69) is 0 Å². The maximum Gasteiger partial charge on any atom is 0.154 e. The summed E-state index contributed by atoms with van der Waals surface area (Å²) in [5.41, 5.74) is 5.45. The van der Waals surface area contributed by atoms with Crippen LogP contribution in [-0.4, -0.2) is 38.1 Å². The van der Waals surface area contributed by atoms with Crippen molar-refractivity contribution >= 4 is 27.0 Å². The van der Waals surface area contributed by atoms with E-state index in [9.17, 15) is 12.8 Å². The van der Waals surface area contributed by atoms with Crippen molar-refractivity contribution < 1.29 is 17.5 Å². The Kier molecular flexibility index (Phi) is 4.37. The van der Waals surface area contributed by atoms with Crippen LogP contribution in [0.5, 0.6) is 0 Å². The summed E-state index contributed by atoms with van der Waals surface area (Å²) in [6.45, 7) is 1.68. The highest BCUT2D eigenvalue weighted by Gasteiger charge is 2.72. The summed E-state index contributed by atoms with van der Waals surface area (Å²) in [5, 5.41) is -0.755. The van der Waals surface area contributed by atoms with Crippen LogP contribution < -0.4 is 5.73 Å². The molecular weight excluding hydrogens is 313 g/mol. The van der Waals surface area contributed by atoms with E-state index in [4.69, 9.17) is 22.7 Å². The minimum absolute atomic E-state index is 0.0163. The van der Waals surface area contributed by atoms with Gasteiger partial charge in [-0.1, -0.05) is 31.3 Å². The van der Waals surface area contributed by atoms with Crippen molar-refractivity contribution in [2.45, 2.75) is 18.1 Å². The van der Waals surface area contributed by atoms with Gasteiger partial charge in [0, 0.05) is 18.8 Å². The summed E-state index contributed by atoms with van der Waals surface area (Å²) in [7, 11) is -1.91. The quantitative estimate of drug-likeness (QED) is 0.803. The van der Waals surface area contributed by atoms with Gasteiger partial charge in [-0.25, -0.2) is 12.8 Å². The average Bonchev–Trinajstić information content (AvgIpc) is 3.10. The number of halogens is 1. The normalized spacial score (nSPS) is 28.3. The summed E-state index contributed by atoms with van der Waals surface area (Å²) in [4.78, 5) is 0.0978. The van der Waals surface area contributed by atoms with E-state index >= 15 is 0 Å². The van der Waals surface area contributed by atoms with Gasteiger partial charge in [-0.3, -0.25) is 0 Å². The van der Waals surface area contributed by atoms with Gasteiger partial charge in [-0.05, 0) is 17.7 Å². The zero-order valence-corrected chi connectivity index (χ0v) is 13.5. The summed E-state index contributed by atoms with van der Waals surface area (Å²) >= 11 is 5.10. The third-order valence-electron chi connectivity index (χ3n) is 4.10. The predicted molar refractivity (Wildman–Crippen MR) is 83.5 cm³/mol. The molecule has 7 heteroatoms. The van der Waals surface area contributed by atoms with Gasteiger partial charge in [0.15, 0.2) is 9.84 Å². The lowest BCUT2D eigenvalue weighted by atomic mass is 10.00. The van der Waals surface area contributed by atoms with Crippen LogP contribution in [0.4, 0.5) is 4.39 Å². The summed E-state index contributed by atoms with van der Waals surface area (Å²) in [6, 6.07) is 5.89. The highest BCUT2D eigenvalue weighted by atomic mass is 32.2. The zero-order valence-electron chi connectivity index (χ0n) is 11.9. The van der Waals surface area contributed by atoms with Gasteiger partial charge in [0.25, 0.3) is 0 Å². The van der Waals surface area contributed by atoms with Crippen LogP contribution >= 0.6 is 12.2 Å². The average molecular weight is 331 g/mol. The number of hydrogen-bond acceptors (Lipinski definition) is 4. The van der Waals surface area contributed by atoms with Gasteiger partial charge in [-0.15, -0.1) is 0 Å². The number of hydrogen-bond donors (Lipinski definition) is 1.